The topological polar surface area (TPSA) is 29.5 Å². The molecule has 0 heterocycles. The van der Waals surface area contributed by atoms with Crippen molar-refractivity contribution in [1.29, 1.82) is 0 Å². The summed E-state index contributed by atoms with van der Waals surface area (Å²) >= 11 is 0. The molecule has 0 spiro atoms. The quantitative estimate of drug-likeness (QED) is 0.414. The maximum atomic E-state index is 10.1. The molecule has 0 saturated heterocycles. The van der Waals surface area contributed by atoms with Gasteiger partial charge in [0.05, 0.1) is 5.60 Å². The molecule has 22 heavy (non-hydrogen) atoms. The maximum Gasteiger partial charge on any atom is 0.175 e. The normalized spacial score (nSPS) is 15.7. The minimum absolute atomic E-state index is 0.512. The van der Waals surface area contributed by atoms with E-state index in [0.29, 0.717) is 0 Å². The summed E-state index contributed by atoms with van der Waals surface area (Å²) < 4.78 is 5.78. The highest BCUT2D eigenvalue weighted by Gasteiger charge is 2.23. The van der Waals surface area contributed by atoms with Crippen LogP contribution >= 0.6 is 0 Å². The lowest BCUT2D eigenvalue weighted by Crippen LogP contribution is -2.30. The van der Waals surface area contributed by atoms with Crippen LogP contribution in [0.1, 0.15) is 67.2 Å². The molecule has 126 valence electrons. The van der Waals surface area contributed by atoms with Crippen molar-refractivity contribution < 1.29 is 9.84 Å². The van der Waals surface area contributed by atoms with Gasteiger partial charge in [0, 0.05) is 0 Å². The molecule has 0 radical (unpaired) electrons. The molecule has 0 saturated carbocycles. The van der Waals surface area contributed by atoms with Crippen molar-refractivity contribution in [1.82, 2.24) is 0 Å². The summed E-state index contributed by atoms with van der Waals surface area (Å²) in [7, 11) is 0. The van der Waals surface area contributed by atoms with Gasteiger partial charge in [-0.3, -0.25) is 0 Å². The standard InChI is InChI=1S/C20H34O2/c1-8-20(7,14-10-12-17(4)5)22-19(21)15-18(6)13-9-11-16(2)3/h8,11-12,15,19,21H,1,9-10,13-14H2,2-7H3/b18-15+. The van der Waals surface area contributed by atoms with Gasteiger partial charge in [-0.15, -0.1) is 6.58 Å². The summed E-state index contributed by atoms with van der Waals surface area (Å²) in [5.41, 5.74) is 3.24. The van der Waals surface area contributed by atoms with E-state index in [0.717, 1.165) is 31.3 Å². The fourth-order valence-corrected chi connectivity index (χ4v) is 2.08. The summed E-state index contributed by atoms with van der Waals surface area (Å²) in [6.45, 7) is 16.2. The summed E-state index contributed by atoms with van der Waals surface area (Å²) in [6, 6.07) is 0. The second-order valence-corrected chi connectivity index (χ2v) is 6.68. The van der Waals surface area contributed by atoms with Gasteiger partial charge in [-0.25, -0.2) is 0 Å². The zero-order valence-corrected chi connectivity index (χ0v) is 15.3. The van der Waals surface area contributed by atoms with Crippen LogP contribution < -0.4 is 0 Å². The van der Waals surface area contributed by atoms with Gasteiger partial charge in [0.1, 0.15) is 0 Å². The number of hydrogen-bond donors (Lipinski definition) is 1. The fraction of sp³-hybridized carbons (Fsp3) is 0.600. The predicted molar refractivity (Wildman–Crippen MR) is 96.8 cm³/mol. The lowest BCUT2D eigenvalue weighted by molar-refractivity contribution is -0.135. The van der Waals surface area contributed by atoms with Crippen LogP contribution in [-0.4, -0.2) is 17.0 Å². The zero-order valence-electron chi connectivity index (χ0n) is 15.3. The Bertz CT molecular complexity index is 421. The van der Waals surface area contributed by atoms with E-state index >= 15 is 0 Å². The van der Waals surface area contributed by atoms with E-state index < -0.39 is 11.9 Å². The van der Waals surface area contributed by atoms with E-state index in [-0.39, 0.29) is 0 Å². The third kappa shape index (κ3) is 10.6. The molecule has 0 fully saturated rings. The molecule has 0 amide bonds. The maximum absolute atomic E-state index is 10.1. The molecule has 2 unspecified atom stereocenters. The molecule has 0 aliphatic rings. The van der Waals surface area contributed by atoms with Crippen molar-refractivity contribution >= 4 is 0 Å². The molecule has 2 nitrogen and oxygen atoms in total. The van der Waals surface area contributed by atoms with Crippen molar-refractivity contribution in [2.75, 3.05) is 0 Å². The van der Waals surface area contributed by atoms with Crippen molar-refractivity contribution in [2.45, 2.75) is 79.1 Å². The van der Waals surface area contributed by atoms with E-state index in [1.807, 2.05) is 13.8 Å². The first-order valence-corrected chi connectivity index (χ1v) is 8.12. The molecular weight excluding hydrogens is 272 g/mol. The average molecular weight is 306 g/mol. The van der Waals surface area contributed by atoms with Crippen LogP contribution in [0.3, 0.4) is 0 Å². The minimum Gasteiger partial charge on any atom is -0.365 e. The van der Waals surface area contributed by atoms with Gasteiger partial charge >= 0.3 is 0 Å². The average Bonchev–Trinajstić information content (AvgIpc) is 2.37. The highest BCUT2D eigenvalue weighted by molar-refractivity contribution is 5.05. The van der Waals surface area contributed by atoms with Crippen molar-refractivity contribution in [2.24, 2.45) is 0 Å². The Morgan fingerprint density at radius 1 is 1.09 bits per heavy atom. The largest absolute Gasteiger partial charge is 0.365 e. The third-order valence-corrected chi connectivity index (χ3v) is 3.53. The van der Waals surface area contributed by atoms with E-state index in [1.165, 1.54) is 11.1 Å². The second kappa shape index (κ2) is 10.6. The summed E-state index contributed by atoms with van der Waals surface area (Å²) in [5, 5.41) is 10.1. The van der Waals surface area contributed by atoms with E-state index in [9.17, 15) is 5.11 Å². The molecule has 0 aromatic heterocycles. The number of hydrogen-bond acceptors (Lipinski definition) is 2. The van der Waals surface area contributed by atoms with E-state index in [2.05, 4.69) is 46.4 Å². The monoisotopic (exact) mass is 306 g/mol. The van der Waals surface area contributed by atoms with Gasteiger partial charge in [0.2, 0.25) is 0 Å². The molecule has 0 aliphatic carbocycles. The molecule has 0 aromatic rings. The van der Waals surface area contributed by atoms with E-state index in [1.54, 1.807) is 12.2 Å². The Morgan fingerprint density at radius 3 is 2.14 bits per heavy atom. The minimum atomic E-state index is -0.888. The van der Waals surface area contributed by atoms with Crippen LogP contribution in [0.5, 0.6) is 0 Å². The smallest absolute Gasteiger partial charge is 0.175 e. The first-order valence-electron chi connectivity index (χ1n) is 8.12. The van der Waals surface area contributed by atoms with Gasteiger partial charge in [-0.1, -0.05) is 34.9 Å². The van der Waals surface area contributed by atoms with E-state index in [4.69, 9.17) is 4.74 Å². The molecule has 1 N–H and O–H groups in total. The Labute approximate surface area is 137 Å². The van der Waals surface area contributed by atoms with Crippen LogP contribution in [0, 0.1) is 0 Å². The lowest BCUT2D eigenvalue weighted by Gasteiger charge is -2.28. The van der Waals surface area contributed by atoms with Gasteiger partial charge in [-0.05, 0) is 73.3 Å². The molecule has 0 aliphatic heterocycles. The Morgan fingerprint density at radius 2 is 1.64 bits per heavy atom. The molecule has 2 heteroatoms. The van der Waals surface area contributed by atoms with Gasteiger partial charge in [0.15, 0.2) is 6.29 Å². The van der Waals surface area contributed by atoms with Crippen molar-refractivity contribution in [3.8, 4) is 0 Å². The van der Waals surface area contributed by atoms with Crippen molar-refractivity contribution in [3.63, 3.8) is 0 Å². The summed E-state index contributed by atoms with van der Waals surface area (Å²) in [5.74, 6) is 0. The molecule has 0 rings (SSSR count). The second-order valence-electron chi connectivity index (χ2n) is 6.68. The lowest BCUT2D eigenvalue weighted by atomic mass is 9.99. The van der Waals surface area contributed by atoms with Crippen LogP contribution in [0.4, 0.5) is 0 Å². The third-order valence-electron chi connectivity index (χ3n) is 3.53. The molecule has 2 atom stereocenters. The van der Waals surface area contributed by atoms with Crippen molar-refractivity contribution in [3.05, 3.63) is 47.6 Å². The predicted octanol–water partition coefficient (Wildman–Crippen LogP) is 5.71. The SMILES string of the molecule is C=CC(C)(CCC=C(C)C)OC(O)/C=C(\C)CCC=C(C)C. The zero-order chi connectivity index (χ0) is 17.2. The number of allylic oxidation sites excluding steroid dienone is 5. The first kappa shape index (κ1) is 20.9. The number of aliphatic hydroxyl groups excluding tert-OH is 1. The fourth-order valence-electron chi connectivity index (χ4n) is 2.08. The van der Waals surface area contributed by atoms with Gasteiger partial charge in [0.25, 0.3) is 0 Å². The highest BCUT2D eigenvalue weighted by atomic mass is 16.6. The van der Waals surface area contributed by atoms with Crippen LogP contribution in [0.2, 0.25) is 0 Å². The van der Waals surface area contributed by atoms with Crippen LogP contribution in [0.15, 0.2) is 47.6 Å². The highest BCUT2D eigenvalue weighted by Crippen LogP contribution is 2.22. The first-order chi connectivity index (χ1) is 10.2. The molecule has 0 bridgehead atoms. The Kier molecular flexibility index (Phi) is 10.0. The Balaban J connectivity index is 4.50. The molecular formula is C20H34O2. The Hall–Kier alpha value is -1.12. The van der Waals surface area contributed by atoms with Crippen LogP contribution in [-0.2, 0) is 4.74 Å². The summed E-state index contributed by atoms with van der Waals surface area (Å²) in [6.07, 6.45) is 10.7. The number of rotatable bonds is 10. The summed E-state index contributed by atoms with van der Waals surface area (Å²) in [4.78, 5) is 0. The van der Waals surface area contributed by atoms with Gasteiger partial charge in [-0.2, -0.15) is 0 Å². The molecule has 0 aromatic carbocycles. The van der Waals surface area contributed by atoms with Crippen LogP contribution in [0.25, 0.3) is 0 Å². The number of ether oxygens (including phenoxy) is 1. The number of aliphatic hydroxyl groups is 1. The van der Waals surface area contributed by atoms with Gasteiger partial charge < -0.3 is 9.84 Å².